The zero-order valence-corrected chi connectivity index (χ0v) is 13.6. The van der Waals surface area contributed by atoms with Gasteiger partial charge in [-0.3, -0.25) is 4.79 Å². The molecule has 1 amide bonds. The molecule has 0 radical (unpaired) electrons. The molecule has 1 fully saturated rings. The lowest BCUT2D eigenvalue weighted by Gasteiger charge is -2.22. The summed E-state index contributed by atoms with van der Waals surface area (Å²) < 4.78 is 10.9. The van der Waals surface area contributed by atoms with Crippen LogP contribution in [0.1, 0.15) is 25.7 Å². The lowest BCUT2D eigenvalue weighted by molar-refractivity contribution is -0.121. The van der Waals surface area contributed by atoms with E-state index in [0.717, 1.165) is 25.7 Å². The molecule has 0 bridgehead atoms. The number of methoxy groups -OCH3 is 1. The largest absolute Gasteiger partial charge is 0.493 e. The Balaban J connectivity index is 1.66. The number of ether oxygens (including phenoxy) is 2. The molecule has 0 aliphatic heterocycles. The summed E-state index contributed by atoms with van der Waals surface area (Å²) in [5.74, 6) is 1.47. The zero-order valence-electron chi connectivity index (χ0n) is 13.6. The highest BCUT2D eigenvalue weighted by atomic mass is 16.5. The van der Waals surface area contributed by atoms with Crippen LogP contribution in [-0.4, -0.2) is 23.5 Å². The van der Waals surface area contributed by atoms with Gasteiger partial charge in [0.2, 0.25) is 11.8 Å². The van der Waals surface area contributed by atoms with Gasteiger partial charge in [-0.25, -0.2) is 4.98 Å². The van der Waals surface area contributed by atoms with Crippen LogP contribution in [0.25, 0.3) is 0 Å². The molecule has 1 aromatic heterocycles. The van der Waals surface area contributed by atoms with Gasteiger partial charge in [0, 0.05) is 6.07 Å². The molecule has 1 saturated carbocycles. The van der Waals surface area contributed by atoms with Gasteiger partial charge in [-0.15, -0.1) is 0 Å². The number of rotatable bonds is 5. The van der Waals surface area contributed by atoms with E-state index in [1.165, 1.54) is 0 Å². The van der Waals surface area contributed by atoms with Crippen molar-refractivity contribution in [1.29, 1.82) is 0 Å². The Labute approximate surface area is 141 Å². The number of carbonyl (C=O) groups is 1. The number of hydrogen-bond donors (Lipinski definition) is 2. The summed E-state index contributed by atoms with van der Waals surface area (Å²) in [6.07, 6.45) is 4.99. The molecule has 3 N–H and O–H groups in total. The molecule has 24 heavy (non-hydrogen) atoms. The molecule has 0 saturated heterocycles. The first-order chi connectivity index (χ1) is 11.6. The lowest BCUT2D eigenvalue weighted by atomic mass is 9.98. The number of carbonyl (C=O) groups excluding carboxylic acids is 1. The summed E-state index contributed by atoms with van der Waals surface area (Å²) in [7, 11) is 1.58. The van der Waals surface area contributed by atoms with Gasteiger partial charge in [0.15, 0.2) is 11.5 Å². The molecule has 1 aliphatic rings. The molecule has 2 aromatic rings. The molecule has 1 aliphatic carbocycles. The maximum absolute atomic E-state index is 12.3. The van der Waals surface area contributed by atoms with E-state index >= 15 is 0 Å². The second kappa shape index (κ2) is 6.88. The number of para-hydroxylation sites is 2. The van der Waals surface area contributed by atoms with E-state index in [1.54, 1.807) is 31.5 Å². The van der Waals surface area contributed by atoms with Crippen molar-refractivity contribution in [1.82, 2.24) is 4.98 Å². The fourth-order valence-electron chi connectivity index (χ4n) is 2.82. The van der Waals surface area contributed by atoms with Gasteiger partial charge in [0.05, 0.1) is 24.5 Å². The van der Waals surface area contributed by atoms with Gasteiger partial charge in [-0.05, 0) is 31.0 Å². The van der Waals surface area contributed by atoms with Gasteiger partial charge in [-0.2, -0.15) is 0 Å². The molecule has 1 heterocycles. The van der Waals surface area contributed by atoms with Crippen molar-refractivity contribution in [3.63, 3.8) is 0 Å². The average molecular weight is 327 g/mol. The number of aromatic nitrogens is 1. The summed E-state index contributed by atoms with van der Waals surface area (Å²) in [6, 6.07) is 10.8. The maximum atomic E-state index is 12.3. The fraction of sp³-hybridized carbons (Fsp3) is 0.333. The van der Waals surface area contributed by atoms with E-state index in [0.29, 0.717) is 23.1 Å². The van der Waals surface area contributed by atoms with Gasteiger partial charge in [-0.1, -0.05) is 25.0 Å². The predicted octanol–water partition coefficient (Wildman–Crippen LogP) is 3.09. The highest BCUT2D eigenvalue weighted by Crippen LogP contribution is 2.31. The van der Waals surface area contributed by atoms with Crippen LogP contribution in [0.3, 0.4) is 0 Å². The average Bonchev–Trinajstić information content (AvgIpc) is 3.05. The fourth-order valence-corrected chi connectivity index (χ4v) is 2.82. The zero-order chi connectivity index (χ0) is 17.0. The van der Waals surface area contributed by atoms with Crippen LogP contribution in [0.4, 0.5) is 5.69 Å². The van der Waals surface area contributed by atoms with Crippen LogP contribution >= 0.6 is 0 Å². The minimum absolute atomic E-state index is 0.153. The number of pyridine rings is 1. The lowest BCUT2D eigenvalue weighted by Crippen LogP contribution is -2.48. The summed E-state index contributed by atoms with van der Waals surface area (Å²) in [5, 5.41) is 2.83. The number of hydrogen-bond acceptors (Lipinski definition) is 5. The first-order valence-corrected chi connectivity index (χ1v) is 7.98. The Kier molecular flexibility index (Phi) is 4.66. The van der Waals surface area contributed by atoms with Crippen LogP contribution in [0, 0.1) is 0 Å². The van der Waals surface area contributed by atoms with Crippen molar-refractivity contribution >= 4 is 11.6 Å². The van der Waals surface area contributed by atoms with E-state index < -0.39 is 5.54 Å². The van der Waals surface area contributed by atoms with Crippen molar-refractivity contribution in [2.24, 2.45) is 5.73 Å². The van der Waals surface area contributed by atoms with E-state index in [9.17, 15) is 4.79 Å². The number of amides is 1. The van der Waals surface area contributed by atoms with E-state index in [-0.39, 0.29) is 5.91 Å². The standard InChI is InChI=1S/C18H21N3O3/c1-23-14-6-2-3-7-15(14)24-16-9-8-13(12-20-16)21-17(22)18(19)10-4-5-11-18/h2-3,6-9,12H,4-5,10-11,19H2,1H3,(H,21,22). The molecule has 0 spiro atoms. The molecule has 0 unspecified atom stereocenters. The van der Waals surface area contributed by atoms with Crippen molar-refractivity contribution in [3.8, 4) is 17.4 Å². The number of benzene rings is 1. The number of anilines is 1. The van der Waals surface area contributed by atoms with Crippen LogP contribution in [0.15, 0.2) is 42.6 Å². The molecule has 6 nitrogen and oxygen atoms in total. The first kappa shape index (κ1) is 16.3. The summed E-state index contributed by atoms with van der Waals surface area (Å²) in [5.41, 5.74) is 5.99. The number of nitrogens with one attached hydrogen (secondary N) is 1. The van der Waals surface area contributed by atoms with Crippen LogP contribution < -0.4 is 20.5 Å². The van der Waals surface area contributed by atoms with E-state index in [4.69, 9.17) is 15.2 Å². The Morgan fingerprint density at radius 1 is 1.17 bits per heavy atom. The third-order valence-electron chi connectivity index (χ3n) is 4.23. The third kappa shape index (κ3) is 3.49. The predicted molar refractivity (Wildman–Crippen MR) is 91.3 cm³/mol. The molecule has 0 atom stereocenters. The van der Waals surface area contributed by atoms with Gasteiger partial charge >= 0.3 is 0 Å². The summed E-state index contributed by atoms with van der Waals surface area (Å²) in [6.45, 7) is 0. The molecule has 1 aromatic carbocycles. The third-order valence-corrected chi connectivity index (χ3v) is 4.23. The number of nitrogens with zero attached hydrogens (tertiary/aromatic N) is 1. The molecular weight excluding hydrogens is 306 g/mol. The molecular formula is C18H21N3O3. The quantitative estimate of drug-likeness (QED) is 0.881. The molecule has 6 heteroatoms. The van der Waals surface area contributed by atoms with Crippen molar-refractivity contribution in [2.45, 2.75) is 31.2 Å². The molecule has 3 rings (SSSR count). The smallest absolute Gasteiger partial charge is 0.244 e. The van der Waals surface area contributed by atoms with Crippen molar-refractivity contribution < 1.29 is 14.3 Å². The van der Waals surface area contributed by atoms with E-state index in [2.05, 4.69) is 10.3 Å². The first-order valence-electron chi connectivity index (χ1n) is 7.98. The summed E-state index contributed by atoms with van der Waals surface area (Å²) in [4.78, 5) is 16.5. The van der Waals surface area contributed by atoms with Gasteiger partial charge in [0.1, 0.15) is 0 Å². The highest BCUT2D eigenvalue weighted by Gasteiger charge is 2.36. The van der Waals surface area contributed by atoms with Crippen molar-refractivity contribution in [2.75, 3.05) is 12.4 Å². The van der Waals surface area contributed by atoms with Crippen molar-refractivity contribution in [3.05, 3.63) is 42.6 Å². The van der Waals surface area contributed by atoms with E-state index in [1.807, 2.05) is 18.2 Å². The Morgan fingerprint density at radius 2 is 1.88 bits per heavy atom. The van der Waals surface area contributed by atoms with Crippen LogP contribution in [-0.2, 0) is 4.79 Å². The SMILES string of the molecule is COc1ccccc1Oc1ccc(NC(=O)C2(N)CCCC2)cn1. The van der Waals surface area contributed by atoms with Crippen LogP contribution in [0.5, 0.6) is 17.4 Å². The second-order valence-electron chi connectivity index (χ2n) is 5.96. The Morgan fingerprint density at radius 3 is 2.50 bits per heavy atom. The normalized spacial score (nSPS) is 15.8. The second-order valence-corrected chi connectivity index (χ2v) is 5.96. The topological polar surface area (TPSA) is 86.5 Å². The Bertz CT molecular complexity index is 710. The van der Waals surface area contributed by atoms with Gasteiger partial charge in [0.25, 0.3) is 0 Å². The Hall–Kier alpha value is -2.60. The minimum atomic E-state index is -0.757. The minimum Gasteiger partial charge on any atom is -0.493 e. The highest BCUT2D eigenvalue weighted by molar-refractivity contribution is 5.98. The monoisotopic (exact) mass is 327 g/mol. The molecule has 126 valence electrons. The number of nitrogens with two attached hydrogens (primary N) is 1. The van der Waals surface area contributed by atoms with Gasteiger partial charge < -0.3 is 20.5 Å². The maximum Gasteiger partial charge on any atom is 0.244 e. The summed E-state index contributed by atoms with van der Waals surface area (Å²) >= 11 is 0. The van der Waals surface area contributed by atoms with Crippen LogP contribution in [0.2, 0.25) is 0 Å².